The summed E-state index contributed by atoms with van der Waals surface area (Å²) >= 11 is 0. The number of benzene rings is 1. The molecule has 4 unspecified atom stereocenters. The number of halogens is 2. The van der Waals surface area contributed by atoms with Crippen LogP contribution in [-0.4, -0.2) is 36.0 Å². The van der Waals surface area contributed by atoms with Crippen LogP contribution in [0.4, 0.5) is 8.78 Å². The van der Waals surface area contributed by atoms with Crippen molar-refractivity contribution in [3.63, 3.8) is 0 Å². The summed E-state index contributed by atoms with van der Waals surface area (Å²) in [5.41, 5.74) is 0.354. The van der Waals surface area contributed by atoms with Crippen molar-refractivity contribution in [1.29, 1.82) is 0 Å². The van der Waals surface area contributed by atoms with Crippen molar-refractivity contribution < 1.29 is 13.6 Å². The summed E-state index contributed by atoms with van der Waals surface area (Å²) in [6, 6.07) is 4.45. The Kier molecular flexibility index (Phi) is 3.40. The van der Waals surface area contributed by atoms with E-state index < -0.39 is 11.6 Å². The lowest BCUT2D eigenvalue weighted by molar-refractivity contribution is -0.132. The van der Waals surface area contributed by atoms with Gasteiger partial charge in [0.2, 0.25) is 5.91 Å². The molecule has 2 bridgehead atoms. The number of hydrogen-bond acceptors (Lipinski definition) is 2. The van der Waals surface area contributed by atoms with Crippen molar-refractivity contribution in [2.45, 2.75) is 43.7 Å². The molecule has 0 spiro atoms. The van der Waals surface area contributed by atoms with Crippen molar-refractivity contribution in [2.75, 3.05) is 13.1 Å². The second-order valence-electron chi connectivity index (χ2n) is 6.83. The quantitative estimate of drug-likeness (QED) is 0.910. The maximum absolute atomic E-state index is 13.8. The zero-order chi connectivity index (χ0) is 15.3. The third-order valence-corrected chi connectivity index (χ3v) is 5.30. The first-order valence-corrected chi connectivity index (χ1v) is 8.11. The number of rotatable bonds is 2. The Labute approximate surface area is 128 Å². The predicted octanol–water partition coefficient (Wildman–Crippen LogP) is 2.42. The molecule has 22 heavy (non-hydrogen) atoms. The maximum Gasteiger partial charge on any atom is 0.226 e. The van der Waals surface area contributed by atoms with Gasteiger partial charge in [0, 0.05) is 31.1 Å². The smallest absolute Gasteiger partial charge is 0.226 e. The molecule has 0 aromatic heterocycles. The summed E-state index contributed by atoms with van der Waals surface area (Å²) in [4.78, 5) is 14.6. The van der Waals surface area contributed by atoms with Gasteiger partial charge in [-0.25, -0.2) is 8.78 Å². The Morgan fingerprint density at radius 1 is 1.18 bits per heavy atom. The van der Waals surface area contributed by atoms with Crippen molar-refractivity contribution in [3.05, 3.63) is 35.4 Å². The summed E-state index contributed by atoms with van der Waals surface area (Å²) in [5, 5.41) is 3.55. The second kappa shape index (κ2) is 5.30. The van der Waals surface area contributed by atoms with Crippen LogP contribution >= 0.6 is 0 Å². The molecule has 1 aromatic carbocycles. The highest BCUT2D eigenvalue weighted by Gasteiger charge is 2.47. The fourth-order valence-electron chi connectivity index (χ4n) is 3.99. The summed E-state index contributed by atoms with van der Waals surface area (Å²) in [6.07, 6.45) is 3.96. The number of nitrogens with zero attached hydrogens (tertiary/aromatic N) is 1. The van der Waals surface area contributed by atoms with Crippen molar-refractivity contribution in [1.82, 2.24) is 10.2 Å². The minimum Gasteiger partial charge on any atom is -0.341 e. The van der Waals surface area contributed by atoms with Gasteiger partial charge in [0.15, 0.2) is 0 Å². The minimum absolute atomic E-state index is 0.114. The van der Waals surface area contributed by atoms with Gasteiger partial charge in [0.25, 0.3) is 0 Å². The van der Waals surface area contributed by atoms with E-state index in [1.54, 1.807) is 0 Å². The highest BCUT2D eigenvalue weighted by Crippen LogP contribution is 2.49. The predicted molar refractivity (Wildman–Crippen MR) is 78.3 cm³/mol. The number of nitrogens with one attached hydrogen (secondary N) is 1. The molecule has 118 valence electrons. The molecular weight excluding hydrogens is 286 g/mol. The SMILES string of the molecule is O=C(C1CC1c1cc(F)ccc1F)N1CCC2CCC(C1)N2. The van der Waals surface area contributed by atoms with Crippen LogP contribution in [-0.2, 0) is 4.79 Å². The first-order chi connectivity index (χ1) is 10.6. The molecule has 1 aliphatic carbocycles. The van der Waals surface area contributed by atoms with Crippen LogP contribution in [0.15, 0.2) is 18.2 Å². The molecule has 3 aliphatic rings. The zero-order valence-corrected chi connectivity index (χ0v) is 12.4. The van der Waals surface area contributed by atoms with E-state index >= 15 is 0 Å². The van der Waals surface area contributed by atoms with Crippen LogP contribution in [0.25, 0.3) is 0 Å². The highest BCUT2D eigenvalue weighted by molar-refractivity contribution is 5.83. The molecule has 5 heteroatoms. The van der Waals surface area contributed by atoms with Gasteiger partial charge in [-0.3, -0.25) is 4.79 Å². The molecule has 4 rings (SSSR count). The molecule has 4 atom stereocenters. The zero-order valence-electron chi connectivity index (χ0n) is 12.4. The lowest BCUT2D eigenvalue weighted by Crippen LogP contribution is -2.40. The Balaban J connectivity index is 1.45. The molecule has 3 fully saturated rings. The fraction of sp³-hybridized carbons (Fsp3) is 0.588. The number of carbonyl (C=O) groups is 1. The third kappa shape index (κ3) is 2.51. The van der Waals surface area contributed by atoms with Gasteiger partial charge >= 0.3 is 0 Å². The molecule has 1 N–H and O–H groups in total. The van der Waals surface area contributed by atoms with Crippen LogP contribution in [0.5, 0.6) is 0 Å². The molecule has 2 aliphatic heterocycles. The topological polar surface area (TPSA) is 32.3 Å². The van der Waals surface area contributed by atoms with Gasteiger partial charge in [0.1, 0.15) is 11.6 Å². The number of hydrogen-bond donors (Lipinski definition) is 1. The maximum atomic E-state index is 13.8. The second-order valence-corrected chi connectivity index (χ2v) is 6.83. The van der Waals surface area contributed by atoms with E-state index in [0.717, 1.165) is 38.1 Å². The molecule has 3 nitrogen and oxygen atoms in total. The Bertz CT molecular complexity index is 606. The van der Waals surface area contributed by atoms with Gasteiger partial charge in [-0.05, 0) is 55.4 Å². The van der Waals surface area contributed by atoms with Crippen LogP contribution in [0.1, 0.15) is 37.2 Å². The summed E-state index contributed by atoms with van der Waals surface area (Å²) in [5.74, 6) is -1.06. The van der Waals surface area contributed by atoms with Crippen molar-refractivity contribution in [2.24, 2.45) is 5.92 Å². The van der Waals surface area contributed by atoms with Gasteiger partial charge in [-0.2, -0.15) is 0 Å². The lowest BCUT2D eigenvalue weighted by atomic mass is 10.1. The Morgan fingerprint density at radius 3 is 2.86 bits per heavy atom. The average molecular weight is 306 g/mol. The van der Waals surface area contributed by atoms with Crippen LogP contribution in [0.2, 0.25) is 0 Å². The van der Waals surface area contributed by atoms with Gasteiger partial charge in [0.05, 0.1) is 0 Å². The van der Waals surface area contributed by atoms with Gasteiger partial charge in [-0.1, -0.05) is 0 Å². The molecule has 2 saturated heterocycles. The minimum atomic E-state index is -0.439. The largest absolute Gasteiger partial charge is 0.341 e. The fourth-order valence-corrected chi connectivity index (χ4v) is 3.99. The Morgan fingerprint density at radius 2 is 2.00 bits per heavy atom. The van der Waals surface area contributed by atoms with Crippen LogP contribution in [0.3, 0.4) is 0 Å². The normalized spacial score (nSPS) is 33.6. The van der Waals surface area contributed by atoms with Gasteiger partial charge < -0.3 is 10.2 Å². The van der Waals surface area contributed by atoms with Crippen molar-refractivity contribution >= 4 is 5.91 Å². The molecular formula is C17H20F2N2O. The Hall–Kier alpha value is -1.49. The van der Waals surface area contributed by atoms with E-state index in [9.17, 15) is 13.6 Å². The highest BCUT2D eigenvalue weighted by atomic mass is 19.1. The number of amides is 1. The molecule has 1 saturated carbocycles. The van der Waals surface area contributed by atoms with E-state index in [-0.39, 0.29) is 17.7 Å². The molecule has 1 aromatic rings. The van der Waals surface area contributed by atoms with Crippen molar-refractivity contribution in [3.8, 4) is 0 Å². The molecule has 1 amide bonds. The number of carbonyl (C=O) groups excluding carboxylic acids is 1. The van der Waals surface area contributed by atoms with E-state index in [0.29, 0.717) is 24.1 Å². The van der Waals surface area contributed by atoms with Gasteiger partial charge in [-0.15, -0.1) is 0 Å². The van der Waals surface area contributed by atoms with Crippen LogP contribution in [0, 0.1) is 17.6 Å². The van der Waals surface area contributed by atoms with E-state index in [4.69, 9.17) is 0 Å². The summed E-state index contributed by atoms with van der Waals surface area (Å²) in [6.45, 7) is 1.53. The first-order valence-electron chi connectivity index (χ1n) is 8.11. The first kappa shape index (κ1) is 14.1. The average Bonchev–Trinajstić information content (AvgIpc) is 3.20. The number of fused-ring (bicyclic) bond motifs is 2. The summed E-state index contributed by atoms with van der Waals surface area (Å²) < 4.78 is 27.1. The molecule has 0 radical (unpaired) electrons. The van der Waals surface area contributed by atoms with E-state index in [1.165, 1.54) is 12.5 Å². The van der Waals surface area contributed by atoms with Crippen LogP contribution < -0.4 is 5.32 Å². The third-order valence-electron chi connectivity index (χ3n) is 5.30. The summed E-state index contributed by atoms with van der Waals surface area (Å²) in [7, 11) is 0. The standard InChI is InChI=1S/C17H20F2N2O/c18-10-1-4-16(19)14(7-10)13-8-15(13)17(22)21-6-5-11-2-3-12(9-21)20-11/h1,4,7,11-13,15,20H,2-3,5-6,8-9H2. The van der Waals surface area contributed by atoms with E-state index in [1.807, 2.05) is 4.90 Å². The molecule has 2 heterocycles. The number of likely N-dealkylation sites (tertiary alicyclic amines) is 1. The monoisotopic (exact) mass is 306 g/mol. The van der Waals surface area contributed by atoms with E-state index in [2.05, 4.69) is 5.32 Å². The lowest BCUT2D eigenvalue weighted by Gasteiger charge is -2.24.